The summed E-state index contributed by atoms with van der Waals surface area (Å²) in [4.78, 5) is 11.3. The molecule has 0 aliphatic rings. The Kier molecular flexibility index (Phi) is 7.00. The maximum atomic E-state index is 11.3. The van der Waals surface area contributed by atoms with Crippen LogP contribution in [-0.4, -0.2) is 30.0 Å². The molecule has 1 atom stereocenters. The Balaban J connectivity index is 1.86. The highest BCUT2D eigenvalue weighted by Crippen LogP contribution is 2.21. The highest BCUT2D eigenvalue weighted by molar-refractivity contribution is 5.77. The summed E-state index contributed by atoms with van der Waals surface area (Å²) in [5.41, 5.74) is 0.736. The highest BCUT2D eigenvalue weighted by Gasteiger charge is 2.27. The maximum Gasteiger partial charge on any atom is 0.336 e. The molecule has 1 aromatic carbocycles. The van der Waals surface area contributed by atoms with Crippen LogP contribution in [0.2, 0.25) is 0 Å². The summed E-state index contributed by atoms with van der Waals surface area (Å²) in [7, 11) is 0. The fraction of sp³-hybridized carbons (Fsp3) is 0.476. The largest absolute Gasteiger partial charge is 0.489 e. The molecule has 142 valence electrons. The van der Waals surface area contributed by atoms with E-state index >= 15 is 0 Å². The summed E-state index contributed by atoms with van der Waals surface area (Å²) in [6.45, 7) is 8.75. The van der Waals surface area contributed by atoms with E-state index in [9.17, 15) is 9.90 Å². The van der Waals surface area contributed by atoms with Crippen molar-refractivity contribution in [3.8, 4) is 5.75 Å². The van der Waals surface area contributed by atoms with E-state index in [0.717, 1.165) is 17.4 Å². The Morgan fingerprint density at radius 1 is 1.31 bits per heavy atom. The average Bonchev–Trinajstić information content (AvgIpc) is 2.59. The number of aliphatic hydroxyl groups is 1. The van der Waals surface area contributed by atoms with E-state index in [0.29, 0.717) is 31.0 Å². The number of hydrogen-bond acceptors (Lipinski definition) is 5. The standard InChI is InChI=1S/C21H28O5/c1-5-25-21(3,4)19(22)10-6-15(2)12-13-24-17-9-7-16-8-11-20(23)26-18(16)14-17/h7-9,11-12,14,19,22H,5-6,10,13H2,1-4H3/b15-12+/t19-/m1/s1. The number of fused-ring (bicyclic) bond motifs is 1. The van der Waals surface area contributed by atoms with Crippen LogP contribution < -0.4 is 10.4 Å². The molecule has 1 N–H and O–H groups in total. The van der Waals surface area contributed by atoms with E-state index in [1.807, 2.05) is 45.9 Å². The van der Waals surface area contributed by atoms with E-state index in [1.54, 1.807) is 12.1 Å². The van der Waals surface area contributed by atoms with Gasteiger partial charge in [0.2, 0.25) is 0 Å². The molecule has 2 aromatic rings. The van der Waals surface area contributed by atoms with E-state index in [4.69, 9.17) is 13.9 Å². The van der Waals surface area contributed by atoms with E-state index in [2.05, 4.69) is 0 Å². The summed E-state index contributed by atoms with van der Waals surface area (Å²) in [5, 5.41) is 11.1. The smallest absolute Gasteiger partial charge is 0.336 e. The van der Waals surface area contributed by atoms with Crippen molar-refractivity contribution in [2.45, 2.75) is 52.2 Å². The number of aliphatic hydroxyl groups excluding tert-OH is 1. The number of benzene rings is 1. The zero-order valence-electron chi connectivity index (χ0n) is 16.0. The van der Waals surface area contributed by atoms with Gasteiger partial charge in [0.1, 0.15) is 17.9 Å². The molecule has 2 rings (SSSR count). The molecule has 0 fully saturated rings. The van der Waals surface area contributed by atoms with Crippen LogP contribution in [0.25, 0.3) is 11.0 Å². The van der Waals surface area contributed by atoms with Gasteiger partial charge in [0.25, 0.3) is 0 Å². The van der Waals surface area contributed by atoms with Crippen molar-refractivity contribution < 1.29 is 19.0 Å². The molecule has 26 heavy (non-hydrogen) atoms. The predicted octanol–water partition coefficient (Wildman–Crippen LogP) is 4.07. The second-order valence-corrected chi connectivity index (χ2v) is 6.91. The van der Waals surface area contributed by atoms with Crippen LogP contribution in [-0.2, 0) is 4.74 Å². The monoisotopic (exact) mass is 360 g/mol. The summed E-state index contributed by atoms with van der Waals surface area (Å²) in [6, 6.07) is 8.55. The second-order valence-electron chi connectivity index (χ2n) is 6.91. The van der Waals surface area contributed by atoms with Crippen LogP contribution in [0, 0.1) is 0 Å². The van der Waals surface area contributed by atoms with Gasteiger partial charge in [-0.15, -0.1) is 0 Å². The van der Waals surface area contributed by atoms with Crippen LogP contribution in [0.15, 0.2) is 51.2 Å². The Hall–Kier alpha value is -2.11. The van der Waals surface area contributed by atoms with Crippen molar-refractivity contribution in [1.29, 1.82) is 0 Å². The van der Waals surface area contributed by atoms with Gasteiger partial charge in [-0.3, -0.25) is 0 Å². The van der Waals surface area contributed by atoms with Crippen molar-refractivity contribution >= 4 is 11.0 Å². The van der Waals surface area contributed by atoms with Gasteiger partial charge >= 0.3 is 5.63 Å². The maximum absolute atomic E-state index is 11.3. The third kappa shape index (κ3) is 5.71. The molecule has 0 amide bonds. The molecule has 0 unspecified atom stereocenters. The number of rotatable bonds is 9. The van der Waals surface area contributed by atoms with E-state index in [-0.39, 0.29) is 5.63 Å². The van der Waals surface area contributed by atoms with Gasteiger partial charge in [-0.25, -0.2) is 4.79 Å². The van der Waals surface area contributed by atoms with Crippen molar-refractivity contribution in [1.82, 2.24) is 0 Å². The van der Waals surface area contributed by atoms with Crippen molar-refractivity contribution in [3.63, 3.8) is 0 Å². The molecule has 1 aromatic heterocycles. The lowest BCUT2D eigenvalue weighted by Crippen LogP contribution is -2.39. The lowest BCUT2D eigenvalue weighted by Gasteiger charge is -2.30. The molecule has 0 bridgehead atoms. The normalized spacial score (nSPS) is 13.8. The quantitative estimate of drug-likeness (QED) is 0.539. The van der Waals surface area contributed by atoms with Crippen molar-refractivity contribution in [2.24, 2.45) is 0 Å². The number of allylic oxidation sites excluding steroid dienone is 1. The fourth-order valence-electron chi connectivity index (χ4n) is 2.69. The first-order chi connectivity index (χ1) is 12.3. The third-order valence-electron chi connectivity index (χ3n) is 4.41. The van der Waals surface area contributed by atoms with E-state index < -0.39 is 11.7 Å². The Morgan fingerprint density at radius 3 is 2.77 bits per heavy atom. The van der Waals surface area contributed by atoms with Gasteiger partial charge in [0.05, 0.1) is 11.7 Å². The minimum Gasteiger partial charge on any atom is -0.489 e. The molecule has 0 saturated heterocycles. The summed E-state index contributed by atoms with van der Waals surface area (Å²) in [5.74, 6) is 0.647. The molecule has 0 saturated carbocycles. The molecule has 0 aliphatic heterocycles. The molecule has 5 nitrogen and oxygen atoms in total. The minimum atomic E-state index is -0.541. The first-order valence-electron chi connectivity index (χ1n) is 8.96. The molecule has 0 radical (unpaired) electrons. The number of ether oxygens (including phenoxy) is 2. The van der Waals surface area contributed by atoms with Gasteiger partial charge in [0.15, 0.2) is 0 Å². The number of hydrogen-bond donors (Lipinski definition) is 1. The van der Waals surface area contributed by atoms with Crippen molar-refractivity contribution in [3.05, 3.63) is 52.4 Å². The zero-order chi connectivity index (χ0) is 19.2. The van der Waals surface area contributed by atoms with Crippen LogP contribution >= 0.6 is 0 Å². The molecule has 5 heteroatoms. The van der Waals surface area contributed by atoms with Gasteiger partial charge in [-0.1, -0.05) is 5.57 Å². The van der Waals surface area contributed by atoms with Crippen LogP contribution in [0.3, 0.4) is 0 Å². The SMILES string of the molecule is CCOC(C)(C)[C@H](O)CC/C(C)=C/COc1ccc2ccc(=O)oc2c1. The second kappa shape index (κ2) is 9.01. The predicted molar refractivity (Wildman–Crippen MR) is 103 cm³/mol. The van der Waals surface area contributed by atoms with Gasteiger partial charge in [-0.2, -0.15) is 0 Å². The summed E-state index contributed by atoms with van der Waals surface area (Å²) in [6.07, 6.45) is 2.88. The fourth-order valence-corrected chi connectivity index (χ4v) is 2.69. The van der Waals surface area contributed by atoms with Crippen LogP contribution in [0.5, 0.6) is 5.75 Å². The summed E-state index contributed by atoms with van der Waals surface area (Å²) >= 11 is 0. The third-order valence-corrected chi connectivity index (χ3v) is 4.41. The molecule has 1 heterocycles. The molecular formula is C21H28O5. The first kappa shape index (κ1) is 20.2. The molecule has 0 aliphatic carbocycles. The highest BCUT2D eigenvalue weighted by atomic mass is 16.5. The van der Waals surface area contributed by atoms with Crippen LogP contribution in [0.4, 0.5) is 0 Å². The average molecular weight is 360 g/mol. The lowest BCUT2D eigenvalue weighted by molar-refractivity contribution is -0.0983. The van der Waals surface area contributed by atoms with Crippen LogP contribution in [0.1, 0.15) is 40.5 Å². The van der Waals surface area contributed by atoms with Gasteiger partial charge in [0, 0.05) is 24.1 Å². The van der Waals surface area contributed by atoms with Gasteiger partial charge < -0.3 is 19.0 Å². The minimum absolute atomic E-state index is 0.376. The Labute approximate surface area is 154 Å². The van der Waals surface area contributed by atoms with Crippen molar-refractivity contribution in [2.75, 3.05) is 13.2 Å². The van der Waals surface area contributed by atoms with E-state index in [1.165, 1.54) is 6.07 Å². The first-order valence-corrected chi connectivity index (χ1v) is 8.96. The van der Waals surface area contributed by atoms with Gasteiger partial charge in [-0.05, 0) is 64.8 Å². The molecule has 0 spiro atoms. The molecular weight excluding hydrogens is 332 g/mol. The Bertz CT molecular complexity index is 803. The summed E-state index contributed by atoms with van der Waals surface area (Å²) < 4.78 is 16.4. The zero-order valence-corrected chi connectivity index (χ0v) is 16.0. The topological polar surface area (TPSA) is 68.9 Å². The lowest BCUT2D eigenvalue weighted by atomic mass is 9.95. The Morgan fingerprint density at radius 2 is 2.04 bits per heavy atom.